The molecule has 3 aromatic rings. The maximum absolute atomic E-state index is 12.6. The summed E-state index contributed by atoms with van der Waals surface area (Å²) in [4.78, 5) is 17.3. The Kier molecular flexibility index (Phi) is 7.14. The molecule has 0 heterocycles. The zero-order valence-electron chi connectivity index (χ0n) is 17.1. The van der Waals surface area contributed by atoms with Crippen molar-refractivity contribution in [1.82, 2.24) is 0 Å². The highest BCUT2D eigenvalue weighted by Crippen LogP contribution is 2.29. The number of rotatable bonds is 8. The second-order valence-electron chi connectivity index (χ2n) is 6.90. The van der Waals surface area contributed by atoms with E-state index in [9.17, 15) is 23.1 Å². The Morgan fingerprint density at radius 3 is 2.31 bits per heavy atom. The van der Waals surface area contributed by atoms with Gasteiger partial charge in [0.2, 0.25) is 0 Å². The fourth-order valence-electron chi connectivity index (χ4n) is 2.81. The number of hydrogen-bond donors (Lipinski definition) is 1. The Balaban J connectivity index is 1.56. The zero-order chi connectivity index (χ0) is 23.1. The van der Waals surface area contributed by atoms with Crippen LogP contribution in [0.1, 0.15) is 34.0 Å². The molecule has 0 spiro atoms. The third-order valence-corrected chi connectivity index (χ3v) is 4.54. The summed E-state index contributed by atoms with van der Waals surface area (Å²) in [6, 6.07) is 17.8. The van der Waals surface area contributed by atoms with Crippen molar-refractivity contribution < 1.29 is 32.6 Å². The Hall–Kier alpha value is -3.81. The van der Waals surface area contributed by atoms with Crippen LogP contribution in [0.15, 0.2) is 78.0 Å². The molecule has 8 heteroatoms. The highest BCUT2D eigenvalue weighted by molar-refractivity contribution is 6.01. The average Bonchev–Trinajstić information content (AvgIpc) is 2.77. The minimum absolute atomic E-state index is 0.0287. The van der Waals surface area contributed by atoms with Gasteiger partial charge in [-0.05, 0) is 36.8 Å². The van der Waals surface area contributed by atoms with Gasteiger partial charge in [-0.25, -0.2) is 0 Å². The number of oxime groups is 1. The third kappa shape index (κ3) is 6.10. The number of carbonyl (C=O) groups excluding carboxylic acids is 1. The van der Waals surface area contributed by atoms with E-state index >= 15 is 0 Å². The first-order chi connectivity index (χ1) is 15.2. The van der Waals surface area contributed by atoms with Gasteiger partial charge >= 0.3 is 6.18 Å². The topological polar surface area (TPSA) is 68.1 Å². The number of phenols is 1. The molecule has 3 rings (SSSR count). The number of Topliss-reactive ketones (excluding diaryl/α,β-unsaturated/α-hetero) is 1. The van der Waals surface area contributed by atoms with Crippen molar-refractivity contribution in [2.45, 2.75) is 19.7 Å². The predicted molar refractivity (Wildman–Crippen MR) is 113 cm³/mol. The van der Waals surface area contributed by atoms with E-state index in [4.69, 9.17) is 9.57 Å². The number of aromatic hydroxyl groups is 1. The van der Waals surface area contributed by atoms with E-state index in [1.807, 2.05) is 6.07 Å². The summed E-state index contributed by atoms with van der Waals surface area (Å²) in [5.74, 6) is 0.00613. The third-order valence-electron chi connectivity index (χ3n) is 4.54. The van der Waals surface area contributed by atoms with Crippen molar-refractivity contribution in [3.8, 4) is 11.5 Å². The number of ketones is 1. The van der Waals surface area contributed by atoms with E-state index in [-0.39, 0.29) is 24.7 Å². The smallest absolute Gasteiger partial charge is 0.416 e. The summed E-state index contributed by atoms with van der Waals surface area (Å²) in [6.07, 6.45) is -4.39. The van der Waals surface area contributed by atoms with Crippen molar-refractivity contribution in [2.24, 2.45) is 5.16 Å². The molecule has 0 amide bonds. The first-order valence-corrected chi connectivity index (χ1v) is 9.61. The second-order valence-corrected chi connectivity index (χ2v) is 6.90. The first-order valence-electron chi connectivity index (χ1n) is 9.61. The Morgan fingerprint density at radius 1 is 1.00 bits per heavy atom. The maximum Gasteiger partial charge on any atom is 0.416 e. The van der Waals surface area contributed by atoms with Gasteiger partial charge in [-0.2, -0.15) is 13.2 Å². The normalized spacial score (nSPS) is 11.8. The van der Waals surface area contributed by atoms with Crippen molar-refractivity contribution >= 4 is 11.5 Å². The van der Waals surface area contributed by atoms with Gasteiger partial charge in [0.1, 0.15) is 18.1 Å². The minimum atomic E-state index is -4.39. The van der Waals surface area contributed by atoms with E-state index in [0.717, 1.165) is 12.1 Å². The SMILES string of the molecule is CC(=NOCc1ccc(C(F)(F)F)cc1)c1ccc(OCC(=O)c2ccccc2)cc1O. The summed E-state index contributed by atoms with van der Waals surface area (Å²) in [7, 11) is 0. The van der Waals surface area contributed by atoms with Crippen LogP contribution in [0.4, 0.5) is 13.2 Å². The molecular formula is C24H20F3NO4. The molecule has 3 aromatic carbocycles. The molecule has 0 aliphatic carbocycles. The van der Waals surface area contributed by atoms with Gasteiger partial charge in [0.25, 0.3) is 0 Å². The van der Waals surface area contributed by atoms with Gasteiger partial charge in [0.15, 0.2) is 12.4 Å². The molecule has 0 saturated heterocycles. The van der Waals surface area contributed by atoms with Gasteiger partial charge in [0.05, 0.1) is 11.3 Å². The lowest BCUT2D eigenvalue weighted by atomic mass is 10.1. The van der Waals surface area contributed by atoms with E-state index in [1.54, 1.807) is 43.3 Å². The van der Waals surface area contributed by atoms with Gasteiger partial charge in [0, 0.05) is 17.2 Å². The number of ether oxygens (including phenoxy) is 1. The molecule has 0 unspecified atom stereocenters. The lowest BCUT2D eigenvalue weighted by Crippen LogP contribution is -2.11. The number of halogens is 3. The standard InChI is InChI=1S/C24H20F3NO4/c1-16(28-32-14-17-7-9-19(10-8-17)24(25,26)27)21-12-11-20(13-22(21)29)31-15-23(30)18-5-3-2-4-6-18/h2-13,29H,14-15H2,1H3. The molecule has 166 valence electrons. The van der Waals surface area contributed by atoms with Crippen molar-refractivity contribution in [2.75, 3.05) is 6.61 Å². The van der Waals surface area contributed by atoms with Crippen molar-refractivity contribution in [3.05, 3.63) is 95.1 Å². The summed E-state index contributed by atoms with van der Waals surface area (Å²) >= 11 is 0. The van der Waals surface area contributed by atoms with Crippen LogP contribution in [0.3, 0.4) is 0 Å². The quantitative estimate of drug-likeness (QED) is 0.279. The molecular weight excluding hydrogens is 423 g/mol. The number of benzene rings is 3. The molecule has 0 aliphatic heterocycles. The average molecular weight is 443 g/mol. The lowest BCUT2D eigenvalue weighted by molar-refractivity contribution is -0.137. The molecule has 1 N–H and O–H groups in total. The minimum Gasteiger partial charge on any atom is -0.507 e. The fraction of sp³-hybridized carbons (Fsp3) is 0.167. The second kappa shape index (κ2) is 10.00. The number of nitrogens with zero attached hydrogens (tertiary/aromatic N) is 1. The highest BCUT2D eigenvalue weighted by Gasteiger charge is 2.29. The Bertz CT molecular complexity index is 1090. The molecule has 0 radical (unpaired) electrons. The van der Waals surface area contributed by atoms with Crippen LogP contribution in [-0.2, 0) is 17.6 Å². The highest BCUT2D eigenvalue weighted by atomic mass is 19.4. The summed E-state index contributed by atoms with van der Waals surface area (Å²) < 4.78 is 43.2. The Labute approximate surface area is 182 Å². The summed E-state index contributed by atoms with van der Waals surface area (Å²) in [5.41, 5.74) is 1.06. The molecule has 0 aliphatic rings. The fourth-order valence-corrected chi connectivity index (χ4v) is 2.81. The summed E-state index contributed by atoms with van der Waals surface area (Å²) in [5, 5.41) is 14.2. The van der Waals surface area contributed by atoms with E-state index in [2.05, 4.69) is 5.16 Å². The largest absolute Gasteiger partial charge is 0.507 e. The van der Waals surface area contributed by atoms with Crippen LogP contribution in [0.25, 0.3) is 0 Å². The molecule has 5 nitrogen and oxygen atoms in total. The first kappa shape index (κ1) is 22.9. The van der Waals surface area contributed by atoms with E-state index < -0.39 is 11.7 Å². The maximum atomic E-state index is 12.6. The van der Waals surface area contributed by atoms with Crippen molar-refractivity contribution in [3.63, 3.8) is 0 Å². The molecule has 32 heavy (non-hydrogen) atoms. The van der Waals surface area contributed by atoms with Crippen molar-refractivity contribution in [1.29, 1.82) is 0 Å². The Morgan fingerprint density at radius 2 is 1.69 bits per heavy atom. The monoisotopic (exact) mass is 443 g/mol. The van der Waals surface area contributed by atoms with Gasteiger partial charge < -0.3 is 14.7 Å². The lowest BCUT2D eigenvalue weighted by Gasteiger charge is -2.09. The molecule has 0 atom stereocenters. The summed E-state index contributed by atoms with van der Waals surface area (Å²) in [6.45, 7) is 1.41. The number of alkyl halides is 3. The van der Waals surface area contributed by atoms with Crippen LogP contribution in [0.2, 0.25) is 0 Å². The number of phenolic OH excluding ortho intramolecular Hbond substituents is 1. The van der Waals surface area contributed by atoms with Crippen LogP contribution < -0.4 is 4.74 Å². The van der Waals surface area contributed by atoms with Gasteiger partial charge in [-0.15, -0.1) is 0 Å². The van der Waals surface area contributed by atoms with Crippen LogP contribution in [0.5, 0.6) is 11.5 Å². The van der Waals surface area contributed by atoms with E-state index in [0.29, 0.717) is 28.2 Å². The van der Waals surface area contributed by atoms with Gasteiger partial charge in [-0.3, -0.25) is 4.79 Å². The van der Waals surface area contributed by atoms with Crippen LogP contribution in [-0.4, -0.2) is 23.2 Å². The molecule has 0 saturated carbocycles. The predicted octanol–water partition coefficient (Wildman–Crippen LogP) is 5.61. The van der Waals surface area contributed by atoms with Gasteiger partial charge in [-0.1, -0.05) is 47.6 Å². The van der Waals surface area contributed by atoms with E-state index in [1.165, 1.54) is 18.2 Å². The molecule has 0 fully saturated rings. The van der Waals surface area contributed by atoms with Crippen LogP contribution >= 0.6 is 0 Å². The number of carbonyl (C=O) groups is 1. The van der Waals surface area contributed by atoms with Crippen LogP contribution in [0, 0.1) is 0 Å². The molecule has 0 aromatic heterocycles. The zero-order valence-corrected chi connectivity index (χ0v) is 17.1. The number of hydrogen-bond acceptors (Lipinski definition) is 5. The molecule has 0 bridgehead atoms.